The molecule has 36 heavy (non-hydrogen) atoms. The predicted molar refractivity (Wildman–Crippen MR) is 136 cm³/mol. The fraction of sp³-hybridized carbons (Fsp3) is 0.357. The van der Waals surface area contributed by atoms with Crippen LogP contribution in [0, 0.1) is 5.82 Å². The van der Waals surface area contributed by atoms with E-state index in [0.29, 0.717) is 24.4 Å². The summed E-state index contributed by atoms with van der Waals surface area (Å²) in [5.74, 6) is 0.180. The molecule has 0 radical (unpaired) electrons. The summed E-state index contributed by atoms with van der Waals surface area (Å²) < 4.78 is 32.9. The van der Waals surface area contributed by atoms with Crippen LogP contribution in [-0.4, -0.2) is 52.4 Å². The minimum Gasteiger partial charge on any atom is -0.508 e. The van der Waals surface area contributed by atoms with Crippen molar-refractivity contribution >= 4 is 22.7 Å². The second kappa shape index (κ2) is 10.9. The zero-order valence-electron chi connectivity index (χ0n) is 19.9. The van der Waals surface area contributed by atoms with Crippen LogP contribution in [0.3, 0.4) is 0 Å². The first-order chi connectivity index (χ1) is 17.5. The molecule has 2 aromatic carbocycles. The van der Waals surface area contributed by atoms with Gasteiger partial charge in [-0.05, 0) is 78.6 Å². The Hall–Kier alpha value is -3.03. The first kappa shape index (κ1) is 24.7. The number of halogens is 3. The van der Waals surface area contributed by atoms with Crippen LogP contribution >= 0.6 is 11.6 Å². The smallest absolute Gasteiger partial charge is 0.232 e. The minimum absolute atomic E-state index is 0.00170. The van der Waals surface area contributed by atoms with Crippen LogP contribution < -0.4 is 4.74 Å². The zero-order chi connectivity index (χ0) is 25.1. The van der Waals surface area contributed by atoms with Crippen LogP contribution in [0.15, 0.2) is 48.8 Å². The van der Waals surface area contributed by atoms with Crippen molar-refractivity contribution in [3.63, 3.8) is 0 Å². The van der Waals surface area contributed by atoms with Gasteiger partial charge in [-0.2, -0.15) is 0 Å². The van der Waals surface area contributed by atoms with E-state index in [-0.39, 0.29) is 23.6 Å². The average Bonchev–Trinajstić information content (AvgIpc) is 3.23. The van der Waals surface area contributed by atoms with Gasteiger partial charge in [0, 0.05) is 25.2 Å². The third kappa shape index (κ3) is 5.37. The molecule has 1 N–H and O–H groups in total. The maximum Gasteiger partial charge on any atom is 0.232 e. The van der Waals surface area contributed by atoms with Gasteiger partial charge in [0.25, 0.3) is 0 Å². The van der Waals surface area contributed by atoms with Crippen molar-refractivity contribution in [1.29, 1.82) is 0 Å². The minimum atomic E-state index is -0.469. The Bertz CT molecular complexity index is 1270. The Morgan fingerprint density at radius 2 is 2.00 bits per heavy atom. The van der Waals surface area contributed by atoms with E-state index in [4.69, 9.17) is 21.3 Å². The number of likely N-dealkylation sites (tertiary alicyclic amines) is 1. The van der Waals surface area contributed by atoms with Crippen LogP contribution in [0.5, 0.6) is 11.6 Å². The fourth-order valence-electron chi connectivity index (χ4n) is 5.10. The molecule has 0 amide bonds. The number of fused-ring (bicyclic) bond motifs is 1. The van der Waals surface area contributed by atoms with E-state index in [1.165, 1.54) is 6.07 Å². The molecule has 0 saturated carbocycles. The zero-order valence-corrected chi connectivity index (χ0v) is 20.6. The maximum absolute atomic E-state index is 14.4. The van der Waals surface area contributed by atoms with E-state index >= 15 is 0 Å². The summed E-state index contributed by atoms with van der Waals surface area (Å²) in [5.41, 5.74) is 5.17. The molecule has 1 aliphatic carbocycles. The lowest BCUT2D eigenvalue weighted by Crippen LogP contribution is -2.26. The van der Waals surface area contributed by atoms with Crippen molar-refractivity contribution < 1.29 is 18.6 Å². The molecule has 188 valence electrons. The fourth-order valence-corrected chi connectivity index (χ4v) is 5.21. The third-order valence-corrected chi connectivity index (χ3v) is 7.12. The van der Waals surface area contributed by atoms with Crippen LogP contribution in [0.1, 0.15) is 48.1 Å². The summed E-state index contributed by atoms with van der Waals surface area (Å²) >= 11 is 5.95. The van der Waals surface area contributed by atoms with Crippen molar-refractivity contribution in [2.24, 2.45) is 0 Å². The van der Waals surface area contributed by atoms with E-state index < -0.39 is 5.82 Å². The van der Waals surface area contributed by atoms with E-state index in [1.807, 2.05) is 12.1 Å². The number of benzene rings is 2. The Kier molecular flexibility index (Phi) is 7.48. The second-order valence-electron chi connectivity index (χ2n) is 9.29. The second-order valence-corrected chi connectivity index (χ2v) is 9.70. The highest BCUT2D eigenvalue weighted by Gasteiger charge is 2.25. The number of phenolic OH excluding ortho intramolecular Hbond substituents is 1. The Balaban J connectivity index is 1.48. The van der Waals surface area contributed by atoms with Crippen LogP contribution in [0.4, 0.5) is 8.78 Å². The lowest BCUT2D eigenvalue weighted by molar-refractivity contribution is 0.190. The van der Waals surface area contributed by atoms with Crippen LogP contribution in [0.25, 0.3) is 11.1 Å². The van der Waals surface area contributed by atoms with Crippen molar-refractivity contribution in [1.82, 2.24) is 14.9 Å². The molecule has 1 saturated heterocycles. The van der Waals surface area contributed by atoms with Gasteiger partial charge in [0.05, 0.1) is 29.8 Å². The maximum atomic E-state index is 14.4. The van der Waals surface area contributed by atoms with E-state index in [1.54, 1.807) is 30.6 Å². The molecular formula is C28H28ClF2N3O2. The first-order valence-electron chi connectivity index (χ1n) is 12.3. The SMILES string of the molecule is Oc1ccc2c(c1)CCCC(c1ccc(Cl)c(F)c1)=C2c1cnc(O[C@H]2CCN(CCCF)C2)cn1. The summed E-state index contributed by atoms with van der Waals surface area (Å²) in [6, 6.07) is 10.2. The van der Waals surface area contributed by atoms with Gasteiger partial charge in [0.15, 0.2) is 0 Å². The molecule has 2 heterocycles. The van der Waals surface area contributed by atoms with Crippen molar-refractivity contribution in [3.8, 4) is 11.6 Å². The molecule has 1 aromatic heterocycles. The van der Waals surface area contributed by atoms with Gasteiger partial charge in [-0.3, -0.25) is 9.29 Å². The summed E-state index contributed by atoms with van der Waals surface area (Å²) in [5, 5.41) is 10.2. The van der Waals surface area contributed by atoms with Gasteiger partial charge < -0.3 is 9.84 Å². The van der Waals surface area contributed by atoms with Crippen LogP contribution in [0.2, 0.25) is 5.02 Å². The highest BCUT2D eigenvalue weighted by molar-refractivity contribution is 6.30. The molecule has 1 fully saturated rings. The summed E-state index contributed by atoms with van der Waals surface area (Å²) in [6.45, 7) is 2.06. The van der Waals surface area contributed by atoms with E-state index in [2.05, 4.69) is 9.88 Å². The van der Waals surface area contributed by atoms with Gasteiger partial charge in [-0.1, -0.05) is 23.7 Å². The average molecular weight is 512 g/mol. The monoisotopic (exact) mass is 511 g/mol. The van der Waals surface area contributed by atoms with Gasteiger partial charge in [-0.15, -0.1) is 0 Å². The number of ether oxygens (including phenoxy) is 1. The number of rotatable bonds is 7. The highest BCUT2D eigenvalue weighted by Crippen LogP contribution is 2.40. The van der Waals surface area contributed by atoms with Gasteiger partial charge in [0.2, 0.25) is 5.88 Å². The van der Waals surface area contributed by atoms with E-state index in [0.717, 1.165) is 66.7 Å². The molecule has 5 rings (SSSR count). The number of alkyl halides is 1. The standard InChI is InChI=1S/C28H28ClF2N3O2/c29-24-8-5-19(14-25(24)31)22-4-1-3-18-13-20(35)6-7-23(18)28(22)26-15-33-27(16-32-26)36-21-9-12-34(17-21)11-2-10-30/h5-8,13-16,21,35H,1-4,9-12,17H2/t21-/m0/s1. The molecule has 5 nitrogen and oxygen atoms in total. The molecule has 0 unspecified atom stereocenters. The molecule has 0 bridgehead atoms. The van der Waals surface area contributed by atoms with Crippen LogP contribution in [-0.2, 0) is 6.42 Å². The lowest BCUT2D eigenvalue weighted by atomic mass is 9.90. The van der Waals surface area contributed by atoms with Gasteiger partial charge in [0.1, 0.15) is 17.7 Å². The third-order valence-electron chi connectivity index (χ3n) is 6.81. The molecule has 1 aliphatic heterocycles. The number of hydrogen-bond donors (Lipinski definition) is 1. The summed E-state index contributed by atoms with van der Waals surface area (Å²) in [6.07, 6.45) is 7.05. The van der Waals surface area contributed by atoms with Crippen molar-refractivity contribution in [3.05, 3.63) is 82.0 Å². The number of allylic oxidation sites excluding steroid dienone is 1. The number of phenols is 1. The number of hydrogen-bond acceptors (Lipinski definition) is 5. The number of nitrogens with zero attached hydrogens (tertiary/aromatic N) is 3. The Morgan fingerprint density at radius 3 is 2.78 bits per heavy atom. The Labute approximate surface area is 214 Å². The largest absolute Gasteiger partial charge is 0.508 e. The molecule has 2 aliphatic rings. The normalized spacial score (nSPS) is 18.2. The number of aryl methyl sites for hydroxylation is 1. The van der Waals surface area contributed by atoms with Crippen molar-refractivity contribution in [2.75, 3.05) is 26.3 Å². The first-order valence-corrected chi connectivity index (χ1v) is 12.7. The topological polar surface area (TPSA) is 58.5 Å². The van der Waals surface area contributed by atoms with Gasteiger partial charge >= 0.3 is 0 Å². The summed E-state index contributed by atoms with van der Waals surface area (Å²) in [7, 11) is 0. The molecule has 3 aromatic rings. The highest BCUT2D eigenvalue weighted by atomic mass is 35.5. The molecule has 0 spiro atoms. The molecular weight excluding hydrogens is 484 g/mol. The Morgan fingerprint density at radius 1 is 1.11 bits per heavy atom. The van der Waals surface area contributed by atoms with Crippen molar-refractivity contribution in [2.45, 2.75) is 38.2 Å². The van der Waals surface area contributed by atoms with Gasteiger partial charge in [-0.25, -0.2) is 14.4 Å². The number of aromatic nitrogens is 2. The van der Waals surface area contributed by atoms with E-state index in [9.17, 15) is 13.9 Å². The molecule has 1 atom stereocenters. The quantitative estimate of drug-likeness (QED) is 0.416. The summed E-state index contributed by atoms with van der Waals surface area (Å²) in [4.78, 5) is 11.4. The predicted octanol–water partition coefficient (Wildman–Crippen LogP) is 6.08. The molecule has 8 heteroatoms. The number of aromatic hydroxyl groups is 1. The lowest BCUT2D eigenvalue weighted by Gasteiger charge is -2.17.